The summed E-state index contributed by atoms with van der Waals surface area (Å²) in [5, 5.41) is 14.8. The van der Waals surface area contributed by atoms with Gasteiger partial charge in [-0.05, 0) is 0 Å². The van der Waals surface area contributed by atoms with E-state index >= 15 is 0 Å². The van der Waals surface area contributed by atoms with E-state index in [-0.39, 0.29) is 5.78 Å². The molecule has 0 radical (unpaired) electrons. The Labute approximate surface area is 110 Å². The zero-order valence-corrected chi connectivity index (χ0v) is 10.5. The van der Waals surface area contributed by atoms with Gasteiger partial charge in [0.1, 0.15) is 6.20 Å². The molecule has 2 rings (SSSR count). The van der Waals surface area contributed by atoms with Crippen molar-refractivity contribution in [2.24, 2.45) is 0 Å². The lowest BCUT2D eigenvalue weighted by Gasteiger charge is -2.13. The molecule has 7 nitrogen and oxygen atoms in total. The van der Waals surface area contributed by atoms with Gasteiger partial charge in [-0.1, -0.05) is 30.3 Å². The summed E-state index contributed by atoms with van der Waals surface area (Å²) >= 11 is 0. The molecule has 1 aliphatic heterocycles. The molecule has 0 amide bonds. The normalized spacial score (nSPS) is 16.7. The van der Waals surface area contributed by atoms with Crippen LogP contribution < -0.4 is 4.90 Å². The molecule has 1 aliphatic rings. The van der Waals surface area contributed by atoms with Crippen LogP contribution in [0.15, 0.2) is 42.7 Å². The number of quaternary nitrogens is 1. The minimum absolute atomic E-state index is 0.176. The first-order valence-electron chi connectivity index (χ1n) is 5.63. The molecule has 102 valence electrons. The summed E-state index contributed by atoms with van der Waals surface area (Å²) in [4.78, 5) is 23.4. The third kappa shape index (κ3) is 5.64. The van der Waals surface area contributed by atoms with E-state index in [1.807, 2.05) is 41.4 Å². The van der Waals surface area contributed by atoms with Crippen molar-refractivity contribution in [2.45, 2.75) is 0 Å². The molecule has 0 saturated carbocycles. The molecule has 0 bridgehead atoms. The van der Waals surface area contributed by atoms with E-state index in [0.29, 0.717) is 6.54 Å². The van der Waals surface area contributed by atoms with Gasteiger partial charge < -0.3 is 20.2 Å². The van der Waals surface area contributed by atoms with E-state index in [1.165, 1.54) is 4.90 Å². The minimum Gasteiger partial charge on any atom is -0.356 e. The molecular weight excluding hydrogens is 250 g/mol. The average molecular weight is 265 g/mol. The summed E-state index contributed by atoms with van der Waals surface area (Å²) in [6.45, 7) is 1.34. The molecule has 1 heterocycles. The standard InChI is InChI=1S/C12H14N2O.NO3/c1-13-7-8-14(10-13)9-12(15)11-5-3-2-4-6-11;2-1(3)4/h2-8H,9-10H2,1H3;/q;-1/p+1. The molecule has 1 atom stereocenters. The number of carbonyl (C=O) groups is 1. The first-order chi connectivity index (χ1) is 8.99. The summed E-state index contributed by atoms with van der Waals surface area (Å²) in [5.41, 5.74) is 0.787. The van der Waals surface area contributed by atoms with Crippen molar-refractivity contribution < 1.29 is 14.8 Å². The second-order valence-electron chi connectivity index (χ2n) is 4.08. The molecule has 1 aromatic rings. The number of nitrogens with zero attached hydrogens (tertiary/aromatic N) is 2. The Morgan fingerprint density at radius 3 is 2.42 bits per heavy atom. The van der Waals surface area contributed by atoms with Gasteiger partial charge in [0.15, 0.2) is 12.5 Å². The topological polar surface area (TPSA) is 91.0 Å². The predicted molar refractivity (Wildman–Crippen MR) is 68.7 cm³/mol. The highest BCUT2D eigenvalue weighted by molar-refractivity contribution is 5.97. The molecular formula is C12H15N3O4. The van der Waals surface area contributed by atoms with Crippen LogP contribution >= 0.6 is 0 Å². The molecule has 0 aromatic heterocycles. The van der Waals surface area contributed by atoms with Crippen LogP contribution in [0.3, 0.4) is 0 Å². The van der Waals surface area contributed by atoms with Gasteiger partial charge in [-0.3, -0.25) is 9.69 Å². The number of hydrogen-bond acceptors (Lipinski definition) is 5. The van der Waals surface area contributed by atoms with Crippen LogP contribution in [0.1, 0.15) is 10.4 Å². The fraction of sp³-hybridized carbons (Fsp3) is 0.250. The molecule has 0 aliphatic carbocycles. The van der Waals surface area contributed by atoms with Gasteiger partial charge in [-0.25, -0.2) is 0 Å². The van der Waals surface area contributed by atoms with Crippen molar-refractivity contribution in [3.63, 3.8) is 0 Å². The Balaban J connectivity index is 0.000000399. The fourth-order valence-electron chi connectivity index (χ4n) is 1.67. The van der Waals surface area contributed by atoms with Crippen LogP contribution in [-0.2, 0) is 0 Å². The van der Waals surface area contributed by atoms with Crippen molar-refractivity contribution in [3.05, 3.63) is 63.6 Å². The summed E-state index contributed by atoms with van der Waals surface area (Å²) in [5.74, 6) is 0.176. The number of ketones is 1. The Morgan fingerprint density at radius 1 is 1.37 bits per heavy atom. The maximum atomic E-state index is 11.8. The van der Waals surface area contributed by atoms with Gasteiger partial charge in [0.2, 0.25) is 0 Å². The van der Waals surface area contributed by atoms with Crippen molar-refractivity contribution in [1.82, 2.24) is 4.90 Å². The Bertz CT molecular complexity index is 457. The second kappa shape index (κ2) is 7.12. The van der Waals surface area contributed by atoms with Crippen molar-refractivity contribution in [1.29, 1.82) is 0 Å². The zero-order valence-electron chi connectivity index (χ0n) is 10.5. The number of hydrogen-bond donors (Lipinski definition) is 1. The second-order valence-corrected chi connectivity index (χ2v) is 4.08. The van der Waals surface area contributed by atoms with E-state index in [1.54, 1.807) is 0 Å². The van der Waals surface area contributed by atoms with Gasteiger partial charge in [0.05, 0.1) is 24.9 Å². The molecule has 7 heteroatoms. The van der Waals surface area contributed by atoms with Gasteiger partial charge >= 0.3 is 0 Å². The molecule has 1 unspecified atom stereocenters. The highest BCUT2D eigenvalue weighted by Crippen LogP contribution is 2.02. The number of benzene rings is 1. The first-order valence-corrected chi connectivity index (χ1v) is 5.63. The lowest BCUT2D eigenvalue weighted by molar-refractivity contribution is -0.826. The molecule has 1 aromatic carbocycles. The van der Waals surface area contributed by atoms with E-state index in [0.717, 1.165) is 12.2 Å². The summed E-state index contributed by atoms with van der Waals surface area (Å²) in [6, 6.07) is 9.43. The molecule has 0 fully saturated rings. The number of rotatable bonds is 3. The van der Waals surface area contributed by atoms with Gasteiger partial charge in [0.25, 0.3) is 0 Å². The lowest BCUT2D eigenvalue weighted by Crippen LogP contribution is -3.03. The van der Waals surface area contributed by atoms with Crippen molar-refractivity contribution in [3.8, 4) is 0 Å². The molecule has 0 saturated heterocycles. The van der Waals surface area contributed by atoms with E-state index < -0.39 is 5.09 Å². The quantitative estimate of drug-likeness (QED) is 0.468. The summed E-state index contributed by atoms with van der Waals surface area (Å²) < 4.78 is 0. The van der Waals surface area contributed by atoms with Gasteiger partial charge in [0, 0.05) is 5.56 Å². The number of nitrogens with one attached hydrogen (secondary N) is 1. The third-order valence-electron chi connectivity index (χ3n) is 2.46. The SMILES string of the molecule is C[NH+]1C=CN(CC(=O)c2ccccc2)C1.O=[N+]([O-])[O-]. The van der Waals surface area contributed by atoms with Crippen LogP contribution in [-0.4, -0.2) is 36.0 Å². The Kier molecular flexibility index (Phi) is 5.49. The molecule has 19 heavy (non-hydrogen) atoms. The number of Topliss-reactive ketones (excluding diaryl/α,β-unsaturated/α-hetero) is 1. The van der Waals surface area contributed by atoms with Crippen LogP contribution in [0.25, 0.3) is 0 Å². The molecule has 0 spiro atoms. The third-order valence-corrected chi connectivity index (χ3v) is 2.46. The largest absolute Gasteiger partial charge is 0.356 e. The van der Waals surface area contributed by atoms with E-state index in [4.69, 9.17) is 15.3 Å². The van der Waals surface area contributed by atoms with Crippen LogP contribution in [0.2, 0.25) is 0 Å². The predicted octanol–water partition coefficient (Wildman–Crippen LogP) is -0.111. The lowest BCUT2D eigenvalue weighted by atomic mass is 10.1. The van der Waals surface area contributed by atoms with Crippen LogP contribution in [0.4, 0.5) is 0 Å². The summed E-state index contributed by atoms with van der Waals surface area (Å²) in [6.07, 6.45) is 4.04. The number of carbonyl (C=O) groups excluding carboxylic acids is 1. The zero-order chi connectivity index (χ0) is 14.3. The fourth-order valence-corrected chi connectivity index (χ4v) is 1.67. The van der Waals surface area contributed by atoms with Crippen LogP contribution in [0, 0.1) is 15.3 Å². The first kappa shape index (κ1) is 14.7. The van der Waals surface area contributed by atoms with E-state index in [9.17, 15) is 4.79 Å². The monoisotopic (exact) mass is 265 g/mol. The van der Waals surface area contributed by atoms with Crippen molar-refractivity contribution in [2.75, 3.05) is 20.3 Å². The molecule has 1 N–H and O–H groups in total. The Morgan fingerprint density at radius 2 is 1.95 bits per heavy atom. The van der Waals surface area contributed by atoms with Crippen molar-refractivity contribution >= 4 is 5.78 Å². The van der Waals surface area contributed by atoms with Gasteiger partial charge in [-0.15, -0.1) is 0 Å². The van der Waals surface area contributed by atoms with Gasteiger partial charge in [-0.2, -0.15) is 0 Å². The van der Waals surface area contributed by atoms with E-state index in [2.05, 4.69) is 13.2 Å². The minimum atomic E-state index is -1.75. The Hall–Kier alpha value is -2.41. The highest BCUT2D eigenvalue weighted by Gasteiger charge is 2.16. The smallest absolute Gasteiger partial charge is 0.182 e. The average Bonchev–Trinajstić information content (AvgIpc) is 2.75. The summed E-state index contributed by atoms with van der Waals surface area (Å²) in [7, 11) is 2.07. The highest BCUT2D eigenvalue weighted by atomic mass is 16.9. The maximum Gasteiger partial charge on any atom is 0.182 e. The van der Waals surface area contributed by atoms with Crippen LogP contribution in [0.5, 0.6) is 0 Å². The maximum absolute atomic E-state index is 11.8.